The van der Waals surface area contributed by atoms with Gasteiger partial charge >= 0.3 is 0 Å². The van der Waals surface area contributed by atoms with E-state index in [0.717, 1.165) is 17.0 Å². The predicted octanol–water partition coefficient (Wildman–Crippen LogP) is -1.54. The van der Waals surface area contributed by atoms with Gasteiger partial charge in [-0.15, -0.1) is 5.10 Å². The van der Waals surface area contributed by atoms with E-state index >= 15 is 0 Å². The quantitative estimate of drug-likeness (QED) is 0.673. The van der Waals surface area contributed by atoms with Crippen molar-refractivity contribution in [2.45, 2.75) is 0 Å². The van der Waals surface area contributed by atoms with Crippen molar-refractivity contribution in [1.82, 2.24) is 0 Å². The van der Waals surface area contributed by atoms with Crippen LogP contribution < -0.4 is 22.7 Å². The van der Waals surface area contributed by atoms with Gasteiger partial charge in [-0.3, -0.25) is 0 Å². The molecule has 3 nitrogen and oxygen atoms in total. The zero-order chi connectivity index (χ0) is 9.10. The molecule has 0 radical (unpaired) electrons. The smallest absolute Gasteiger partial charge is 0.180 e. The average Bonchev–Trinajstić information content (AvgIpc) is 2.20. The molecular formula is C9H9BrN3S-. The first-order valence-corrected chi connectivity index (χ1v) is 4.93. The molecule has 0 atom stereocenters. The topological polar surface area (TPSA) is 50.7 Å². The first kappa shape index (κ1) is 11.3. The van der Waals surface area contributed by atoms with E-state index in [0.29, 0.717) is 5.17 Å². The number of hydrogen-bond acceptors (Lipinski definition) is 4. The fourth-order valence-electron chi connectivity index (χ4n) is 1.08. The highest BCUT2D eigenvalue weighted by atomic mass is 79.9. The zero-order valence-electron chi connectivity index (χ0n) is 7.35. The third-order valence-corrected chi connectivity index (χ3v) is 2.53. The lowest BCUT2D eigenvalue weighted by atomic mass is 10.1. The van der Waals surface area contributed by atoms with Crippen molar-refractivity contribution < 1.29 is 17.0 Å². The number of hydrogen-bond donors (Lipinski definition) is 1. The first-order chi connectivity index (χ1) is 6.36. The Morgan fingerprint density at radius 2 is 1.86 bits per heavy atom. The summed E-state index contributed by atoms with van der Waals surface area (Å²) in [6.07, 6.45) is 0. The van der Waals surface area contributed by atoms with Gasteiger partial charge < -0.3 is 22.7 Å². The Morgan fingerprint density at radius 1 is 1.14 bits per heavy atom. The van der Waals surface area contributed by atoms with Gasteiger partial charge in [0.25, 0.3) is 0 Å². The second-order valence-electron chi connectivity index (χ2n) is 2.64. The Hall–Kier alpha value is -0.810. The summed E-state index contributed by atoms with van der Waals surface area (Å²) in [5, 5.41) is 8.41. The van der Waals surface area contributed by atoms with E-state index in [-0.39, 0.29) is 17.0 Å². The highest BCUT2D eigenvalue weighted by molar-refractivity contribution is 8.14. The monoisotopic (exact) mass is 270 g/mol. The van der Waals surface area contributed by atoms with Gasteiger partial charge in [0.2, 0.25) is 0 Å². The summed E-state index contributed by atoms with van der Waals surface area (Å²) in [5.41, 5.74) is 7.58. The van der Waals surface area contributed by atoms with Crippen molar-refractivity contribution in [2.24, 2.45) is 15.9 Å². The molecule has 1 aliphatic heterocycles. The third kappa shape index (κ3) is 2.59. The molecule has 0 fully saturated rings. The Bertz CT molecular complexity index is 362. The Kier molecular flexibility index (Phi) is 4.16. The minimum atomic E-state index is 0. The van der Waals surface area contributed by atoms with Crippen LogP contribution in [0.4, 0.5) is 0 Å². The Labute approximate surface area is 97.3 Å². The molecule has 14 heavy (non-hydrogen) atoms. The molecule has 0 unspecified atom stereocenters. The summed E-state index contributed by atoms with van der Waals surface area (Å²) in [5.74, 6) is 0.805. The number of nitrogens with zero attached hydrogens (tertiary/aromatic N) is 2. The molecule has 0 amide bonds. The molecule has 0 bridgehead atoms. The summed E-state index contributed by atoms with van der Waals surface area (Å²) < 4.78 is 0. The second kappa shape index (κ2) is 5.17. The standard InChI is InChI=1S/C9H9N3S.BrH/c10-9-12-11-8(6-13-9)7-4-2-1-3-5-7;/h1-5H,6H2,(H2,10,12);1H/p-1. The van der Waals surface area contributed by atoms with Gasteiger partial charge in [0.05, 0.1) is 5.71 Å². The lowest BCUT2D eigenvalue weighted by Gasteiger charge is -2.08. The first-order valence-electron chi connectivity index (χ1n) is 3.94. The molecule has 2 N–H and O–H groups in total. The Morgan fingerprint density at radius 3 is 2.43 bits per heavy atom. The number of rotatable bonds is 1. The van der Waals surface area contributed by atoms with Crippen LogP contribution in [-0.4, -0.2) is 16.6 Å². The number of benzene rings is 1. The molecule has 1 aliphatic rings. The van der Waals surface area contributed by atoms with Crippen molar-refractivity contribution in [2.75, 3.05) is 5.75 Å². The molecule has 0 saturated heterocycles. The van der Waals surface area contributed by atoms with Crippen LogP contribution in [0.5, 0.6) is 0 Å². The molecule has 2 rings (SSSR count). The lowest BCUT2D eigenvalue weighted by molar-refractivity contribution is -0.00000267. The second-order valence-corrected chi connectivity index (χ2v) is 3.64. The van der Waals surface area contributed by atoms with Gasteiger partial charge in [-0.25, -0.2) is 0 Å². The van der Waals surface area contributed by atoms with Crippen molar-refractivity contribution in [3.05, 3.63) is 35.9 Å². The maximum Gasteiger partial charge on any atom is 0.180 e. The summed E-state index contributed by atoms with van der Waals surface area (Å²) in [6, 6.07) is 10.0. The van der Waals surface area contributed by atoms with Crippen LogP contribution in [-0.2, 0) is 0 Å². The van der Waals surface area contributed by atoms with Gasteiger partial charge in [-0.1, -0.05) is 42.1 Å². The van der Waals surface area contributed by atoms with E-state index in [2.05, 4.69) is 10.2 Å². The molecule has 0 saturated carbocycles. The van der Waals surface area contributed by atoms with Crippen LogP contribution in [0.15, 0.2) is 40.5 Å². The van der Waals surface area contributed by atoms with Crippen molar-refractivity contribution in [3.8, 4) is 0 Å². The number of thioether (sulfide) groups is 1. The van der Waals surface area contributed by atoms with Gasteiger partial charge in [-0.2, -0.15) is 5.10 Å². The highest BCUT2D eigenvalue weighted by Crippen LogP contribution is 2.12. The largest absolute Gasteiger partial charge is 1.00 e. The van der Waals surface area contributed by atoms with E-state index in [9.17, 15) is 0 Å². The average molecular weight is 271 g/mol. The molecule has 1 aromatic carbocycles. The van der Waals surface area contributed by atoms with Crippen LogP contribution in [0, 0.1) is 0 Å². The van der Waals surface area contributed by atoms with Gasteiger partial charge in [0, 0.05) is 5.75 Å². The van der Waals surface area contributed by atoms with E-state index in [1.807, 2.05) is 30.3 Å². The predicted molar refractivity (Wildman–Crippen MR) is 57.1 cm³/mol. The highest BCUT2D eigenvalue weighted by Gasteiger charge is 2.08. The summed E-state index contributed by atoms with van der Waals surface area (Å²) >= 11 is 1.52. The van der Waals surface area contributed by atoms with E-state index in [1.54, 1.807) is 0 Å². The summed E-state index contributed by atoms with van der Waals surface area (Å²) in [6.45, 7) is 0. The molecule has 1 aromatic rings. The van der Waals surface area contributed by atoms with Crippen LogP contribution >= 0.6 is 11.8 Å². The SMILES string of the molecule is NC1=NN=C(c2ccccc2)CS1.[Br-]. The summed E-state index contributed by atoms with van der Waals surface area (Å²) in [4.78, 5) is 0. The van der Waals surface area contributed by atoms with E-state index in [4.69, 9.17) is 5.73 Å². The maximum absolute atomic E-state index is 5.48. The minimum absolute atomic E-state index is 0. The molecule has 5 heteroatoms. The van der Waals surface area contributed by atoms with Crippen LogP contribution in [0.2, 0.25) is 0 Å². The molecule has 74 valence electrons. The molecular weight excluding hydrogens is 262 g/mol. The third-order valence-electron chi connectivity index (χ3n) is 1.73. The Balaban J connectivity index is 0.000000980. The molecule has 0 aromatic heterocycles. The van der Waals surface area contributed by atoms with Crippen molar-refractivity contribution in [3.63, 3.8) is 0 Å². The zero-order valence-corrected chi connectivity index (χ0v) is 9.75. The van der Waals surface area contributed by atoms with Crippen LogP contribution in [0.1, 0.15) is 5.56 Å². The molecule has 0 aliphatic carbocycles. The minimum Gasteiger partial charge on any atom is -1.00 e. The summed E-state index contributed by atoms with van der Waals surface area (Å²) in [7, 11) is 0. The van der Waals surface area contributed by atoms with Gasteiger partial charge in [0.15, 0.2) is 5.17 Å². The number of nitrogens with two attached hydrogens (primary N) is 1. The van der Waals surface area contributed by atoms with Gasteiger partial charge in [-0.05, 0) is 5.56 Å². The van der Waals surface area contributed by atoms with Crippen LogP contribution in [0.25, 0.3) is 0 Å². The van der Waals surface area contributed by atoms with E-state index in [1.165, 1.54) is 11.8 Å². The lowest BCUT2D eigenvalue weighted by Crippen LogP contribution is -3.00. The van der Waals surface area contributed by atoms with Crippen molar-refractivity contribution >= 4 is 22.6 Å². The maximum atomic E-state index is 5.48. The number of amidine groups is 1. The molecule has 1 heterocycles. The fraction of sp³-hybridized carbons (Fsp3) is 0.111. The van der Waals surface area contributed by atoms with E-state index < -0.39 is 0 Å². The number of halogens is 1. The fourth-order valence-corrected chi connectivity index (χ4v) is 1.69. The van der Waals surface area contributed by atoms with Crippen LogP contribution in [0.3, 0.4) is 0 Å². The van der Waals surface area contributed by atoms with Gasteiger partial charge in [0.1, 0.15) is 0 Å². The van der Waals surface area contributed by atoms with Crippen molar-refractivity contribution in [1.29, 1.82) is 0 Å². The molecule has 0 spiro atoms. The normalized spacial score (nSPS) is 15.1.